The van der Waals surface area contributed by atoms with E-state index in [1.54, 1.807) is 22.2 Å². The van der Waals surface area contributed by atoms with Gasteiger partial charge in [0.25, 0.3) is 5.91 Å². The van der Waals surface area contributed by atoms with E-state index in [-0.39, 0.29) is 23.7 Å². The molecule has 1 aliphatic rings. The zero-order valence-corrected chi connectivity index (χ0v) is 13.8. The smallest absolute Gasteiger partial charge is 0.267 e. The van der Waals surface area contributed by atoms with Crippen LogP contribution in [0.25, 0.3) is 0 Å². The van der Waals surface area contributed by atoms with Gasteiger partial charge in [0.05, 0.1) is 23.3 Å². The van der Waals surface area contributed by atoms with Gasteiger partial charge in [-0.2, -0.15) is 0 Å². The number of imide groups is 1. The fourth-order valence-electron chi connectivity index (χ4n) is 2.16. The van der Waals surface area contributed by atoms with Gasteiger partial charge in [-0.25, -0.2) is 4.68 Å². The molecule has 0 spiro atoms. The van der Waals surface area contributed by atoms with Crippen LogP contribution in [-0.4, -0.2) is 50.5 Å². The largest absolute Gasteiger partial charge is 0.376 e. The number of rotatable bonds is 6. The van der Waals surface area contributed by atoms with Gasteiger partial charge < -0.3 is 4.74 Å². The van der Waals surface area contributed by atoms with E-state index in [0.717, 1.165) is 19.4 Å². The number of carbonyl (C=O) groups excluding carboxylic acids is 2. The molecule has 122 valence electrons. The lowest BCUT2D eigenvalue weighted by Gasteiger charge is -2.09. The monoisotopic (exact) mass is 353 g/mol. The molecule has 8 nitrogen and oxygen atoms in total. The summed E-state index contributed by atoms with van der Waals surface area (Å²) in [6.45, 7) is 1.34. The molecule has 0 saturated carbocycles. The molecule has 1 fully saturated rings. The predicted octanol–water partition coefficient (Wildman–Crippen LogP) is 0.962. The number of thioether (sulfide) groups is 1. The Morgan fingerprint density at radius 1 is 1.52 bits per heavy atom. The van der Waals surface area contributed by atoms with Crippen LogP contribution >= 0.6 is 23.1 Å². The summed E-state index contributed by atoms with van der Waals surface area (Å²) < 4.78 is 7.19. The van der Waals surface area contributed by atoms with Crippen molar-refractivity contribution >= 4 is 34.9 Å². The van der Waals surface area contributed by atoms with Crippen molar-refractivity contribution in [1.29, 1.82) is 0 Å². The van der Waals surface area contributed by atoms with Crippen molar-refractivity contribution in [3.63, 3.8) is 0 Å². The van der Waals surface area contributed by atoms with Crippen molar-refractivity contribution in [2.45, 2.75) is 30.6 Å². The Morgan fingerprint density at radius 3 is 3.17 bits per heavy atom. The van der Waals surface area contributed by atoms with Crippen LogP contribution in [0.2, 0.25) is 0 Å². The Morgan fingerprint density at radius 2 is 2.43 bits per heavy atom. The van der Waals surface area contributed by atoms with Crippen molar-refractivity contribution in [2.75, 3.05) is 12.4 Å². The van der Waals surface area contributed by atoms with E-state index in [9.17, 15) is 9.59 Å². The number of ether oxygens (including phenoxy) is 1. The molecule has 0 aromatic carbocycles. The maximum atomic E-state index is 11.8. The zero-order chi connectivity index (χ0) is 16.1. The van der Waals surface area contributed by atoms with Crippen LogP contribution in [-0.2, 0) is 16.1 Å². The second-order valence-electron chi connectivity index (χ2n) is 4.92. The number of amides is 2. The highest BCUT2D eigenvalue weighted by Crippen LogP contribution is 2.18. The van der Waals surface area contributed by atoms with E-state index in [1.165, 1.54) is 23.1 Å². The molecule has 1 N–H and O–H groups in total. The standard InChI is InChI=1S/C13H15N5O3S2/c19-11(14-12(20)10-4-2-6-22-10)8-23-13-15-16-17-18(13)7-9-3-1-5-21-9/h2,4,6,9H,1,3,5,7-8H2,(H,14,19,20)/t9-/m1/s1. The summed E-state index contributed by atoms with van der Waals surface area (Å²) in [5.74, 6) is -0.687. The highest BCUT2D eigenvalue weighted by atomic mass is 32.2. The van der Waals surface area contributed by atoms with Gasteiger partial charge in [-0.05, 0) is 34.7 Å². The Hall–Kier alpha value is -1.78. The minimum absolute atomic E-state index is 0.0724. The third-order valence-corrected chi connectivity index (χ3v) is 5.06. The first kappa shape index (κ1) is 16.1. The second-order valence-corrected chi connectivity index (χ2v) is 6.81. The summed E-state index contributed by atoms with van der Waals surface area (Å²) in [6.07, 6.45) is 2.15. The summed E-state index contributed by atoms with van der Waals surface area (Å²) in [5, 5.41) is 16.1. The van der Waals surface area contributed by atoms with E-state index in [4.69, 9.17) is 4.74 Å². The molecule has 2 aromatic heterocycles. The molecule has 3 heterocycles. The fraction of sp³-hybridized carbons (Fsp3) is 0.462. The van der Waals surface area contributed by atoms with E-state index in [0.29, 0.717) is 16.6 Å². The van der Waals surface area contributed by atoms with Crippen molar-refractivity contribution < 1.29 is 14.3 Å². The fourth-order valence-corrected chi connectivity index (χ4v) is 3.46. The SMILES string of the molecule is O=C(CSc1nnnn1C[C@H]1CCCO1)NC(=O)c1cccs1. The van der Waals surface area contributed by atoms with Gasteiger partial charge in [0.15, 0.2) is 0 Å². The van der Waals surface area contributed by atoms with Crippen LogP contribution < -0.4 is 5.32 Å². The maximum Gasteiger partial charge on any atom is 0.267 e. The molecule has 0 unspecified atom stereocenters. The number of carbonyl (C=O) groups is 2. The van der Waals surface area contributed by atoms with E-state index >= 15 is 0 Å². The number of aromatic nitrogens is 4. The summed E-state index contributed by atoms with van der Waals surface area (Å²) in [4.78, 5) is 24.1. The van der Waals surface area contributed by atoms with E-state index < -0.39 is 0 Å². The molecule has 1 aliphatic heterocycles. The molecule has 1 atom stereocenters. The van der Waals surface area contributed by atoms with Gasteiger partial charge in [-0.3, -0.25) is 14.9 Å². The maximum absolute atomic E-state index is 11.8. The average molecular weight is 353 g/mol. The first-order chi connectivity index (χ1) is 11.2. The number of nitrogens with one attached hydrogen (secondary N) is 1. The number of hydrogen-bond acceptors (Lipinski definition) is 8. The van der Waals surface area contributed by atoms with Crippen LogP contribution in [0, 0.1) is 0 Å². The van der Waals surface area contributed by atoms with E-state index in [2.05, 4.69) is 20.8 Å². The third-order valence-electron chi connectivity index (χ3n) is 3.23. The van der Waals surface area contributed by atoms with Gasteiger partial charge in [0, 0.05) is 6.61 Å². The molecule has 0 aliphatic carbocycles. The number of thiophene rings is 1. The van der Waals surface area contributed by atoms with Crippen molar-refractivity contribution in [2.24, 2.45) is 0 Å². The minimum Gasteiger partial charge on any atom is -0.376 e. The Kier molecular flexibility index (Phi) is 5.36. The Bertz CT molecular complexity index is 667. The normalized spacial score (nSPS) is 17.3. The number of tetrazole rings is 1. The third kappa shape index (κ3) is 4.36. The average Bonchev–Trinajstić information content (AvgIpc) is 3.29. The van der Waals surface area contributed by atoms with Gasteiger partial charge in [0.2, 0.25) is 11.1 Å². The molecule has 10 heteroatoms. The van der Waals surface area contributed by atoms with Crippen LogP contribution in [0.1, 0.15) is 22.5 Å². The molecule has 1 saturated heterocycles. The van der Waals surface area contributed by atoms with Crippen LogP contribution in [0.4, 0.5) is 0 Å². The van der Waals surface area contributed by atoms with Gasteiger partial charge in [0.1, 0.15) is 0 Å². The molecule has 0 radical (unpaired) electrons. The quantitative estimate of drug-likeness (QED) is 0.772. The lowest BCUT2D eigenvalue weighted by molar-refractivity contribution is -0.117. The lowest BCUT2D eigenvalue weighted by Crippen LogP contribution is -2.31. The van der Waals surface area contributed by atoms with Crippen LogP contribution in [0.15, 0.2) is 22.7 Å². The van der Waals surface area contributed by atoms with E-state index in [1.807, 2.05) is 0 Å². The number of nitrogens with zero attached hydrogens (tertiary/aromatic N) is 4. The molecule has 2 amide bonds. The molecule has 0 bridgehead atoms. The predicted molar refractivity (Wildman–Crippen MR) is 84.3 cm³/mol. The summed E-state index contributed by atoms with van der Waals surface area (Å²) in [7, 11) is 0. The Balaban J connectivity index is 1.49. The molecular formula is C13H15N5O3S2. The minimum atomic E-state index is -0.385. The highest BCUT2D eigenvalue weighted by Gasteiger charge is 2.19. The van der Waals surface area contributed by atoms with Crippen LogP contribution in [0.5, 0.6) is 0 Å². The topological polar surface area (TPSA) is 99.0 Å². The summed E-state index contributed by atoms with van der Waals surface area (Å²) in [5.41, 5.74) is 0. The van der Waals surface area contributed by atoms with Crippen LogP contribution in [0.3, 0.4) is 0 Å². The second kappa shape index (κ2) is 7.66. The Labute approximate surface area is 140 Å². The van der Waals surface area contributed by atoms with Crippen molar-refractivity contribution in [1.82, 2.24) is 25.5 Å². The molecule has 2 aromatic rings. The molecule has 23 heavy (non-hydrogen) atoms. The first-order valence-corrected chi connectivity index (χ1v) is 8.97. The summed E-state index contributed by atoms with van der Waals surface area (Å²) >= 11 is 2.48. The first-order valence-electron chi connectivity index (χ1n) is 7.10. The van der Waals surface area contributed by atoms with Crippen molar-refractivity contribution in [3.8, 4) is 0 Å². The van der Waals surface area contributed by atoms with Gasteiger partial charge in [-0.15, -0.1) is 16.4 Å². The van der Waals surface area contributed by atoms with Gasteiger partial charge >= 0.3 is 0 Å². The molecule has 3 rings (SSSR count). The zero-order valence-electron chi connectivity index (χ0n) is 12.2. The highest BCUT2D eigenvalue weighted by molar-refractivity contribution is 7.99. The molecular weight excluding hydrogens is 338 g/mol. The summed E-state index contributed by atoms with van der Waals surface area (Å²) in [6, 6.07) is 3.43. The number of hydrogen-bond donors (Lipinski definition) is 1. The lowest BCUT2D eigenvalue weighted by atomic mass is 10.2. The van der Waals surface area contributed by atoms with Crippen molar-refractivity contribution in [3.05, 3.63) is 22.4 Å². The van der Waals surface area contributed by atoms with Gasteiger partial charge in [-0.1, -0.05) is 17.8 Å².